The van der Waals surface area contributed by atoms with Crippen LogP contribution in [0, 0.1) is 0 Å². The first-order chi connectivity index (χ1) is 9.81. The fourth-order valence-electron chi connectivity index (χ4n) is 2.68. The van der Waals surface area contributed by atoms with Gasteiger partial charge in [-0.15, -0.1) is 0 Å². The van der Waals surface area contributed by atoms with E-state index in [0.717, 1.165) is 8.87 Å². The molecule has 0 heterocycles. The van der Waals surface area contributed by atoms with Crippen LogP contribution in [-0.4, -0.2) is 19.7 Å². The van der Waals surface area contributed by atoms with E-state index in [1.165, 1.54) is 89.9 Å². The van der Waals surface area contributed by atoms with Gasteiger partial charge in [0.05, 0.1) is 0 Å². The van der Waals surface area contributed by atoms with Crippen molar-refractivity contribution < 1.29 is 3.08 Å². The van der Waals surface area contributed by atoms with Crippen molar-refractivity contribution in [2.45, 2.75) is 113 Å². The number of hydrogen-bond acceptors (Lipinski definition) is 1. The summed E-state index contributed by atoms with van der Waals surface area (Å²) < 4.78 is 14.2. The van der Waals surface area contributed by atoms with Gasteiger partial charge < -0.3 is 0 Å². The van der Waals surface area contributed by atoms with E-state index in [9.17, 15) is 3.08 Å². The van der Waals surface area contributed by atoms with Crippen LogP contribution in [0.3, 0.4) is 0 Å². The summed E-state index contributed by atoms with van der Waals surface area (Å²) in [4.78, 5) is 0. The average Bonchev–Trinajstić information content (AvgIpc) is 2.45. The molecule has 0 amide bonds. The third kappa shape index (κ3) is 16.7. The molecule has 1 nitrogen and oxygen atoms in total. The van der Waals surface area contributed by atoms with Crippen LogP contribution >= 0.6 is 0 Å². The quantitative estimate of drug-likeness (QED) is 0.207. The van der Waals surface area contributed by atoms with Gasteiger partial charge in [0.1, 0.15) is 0 Å². The molecule has 0 saturated carbocycles. The molecule has 0 saturated heterocycles. The maximum atomic E-state index is 12.0. The predicted molar refractivity (Wildman–Crippen MR) is 92.0 cm³/mol. The summed E-state index contributed by atoms with van der Waals surface area (Å²) in [7, 11) is 0. The minimum absolute atomic E-state index is 1.12. The molecular formula is C18H38OSn. The minimum atomic E-state index is -2.12. The molecule has 0 aromatic rings. The van der Waals surface area contributed by atoms with Gasteiger partial charge in [-0.05, 0) is 0 Å². The molecule has 0 aliphatic heterocycles. The van der Waals surface area contributed by atoms with Crippen molar-refractivity contribution in [2.75, 3.05) is 0 Å². The summed E-state index contributed by atoms with van der Waals surface area (Å²) in [5.41, 5.74) is 0. The van der Waals surface area contributed by atoms with Gasteiger partial charge in [-0.25, -0.2) is 0 Å². The van der Waals surface area contributed by atoms with E-state index >= 15 is 0 Å². The first-order valence-corrected chi connectivity index (χ1v) is 14.5. The second kappa shape index (κ2) is 17.6. The molecule has 0 aromatic heterocycles. The number of unbranched alkanes of at least 4 members (excludes halogenated alkanes) is 12. The van der Waals surface area contributed by atoms with Crippen molar-refractivity contribution in [3.63, 3.8) is 0 Å². The molecule has 0 aromatic carbocycles. The van der Waals surface area contributed by atoms with E-state index in [1.54, 1.807) is 0 Å². The van der Waals surface area contributed by atoms with Crippen LogP contribution in [0.4, 0.5) is 0 Å². The van der Waals surface area contributed by atoms with Gasteiger partial charge in [0.25, 0.3) is 0 Å². The van der Waals surface area contributed by atoms with Crippen LogP contribution in [-0.2, 0) is 3.08 Å². The Morgan fingerprint density at radius 3 is 1.15 bits per heavy atom. The van der Waals surface area contributed by atoms with E-state index in [1.807, 2.05) is 0 Å². The fraction of sp³-hybridized carbons (Fsp3) is 1.00. The molecule has 0 bridgehead atoms. The zero-order valence-electron chi connectivity index (χ0n) is 14.2. The van der Waals surface area contributed by atoms with E-state index in [4.69, 9.17) is 0 Å². The summed E-state index contributed by atoms with van der Waals surface area (Å²) in [6.45, 7) is 4.53. The monoisotopic (exact) mass is 390 g/mol. The van der Waals surface area contributed by atoms with Crippen LogP contribution in [0.1, 0.15) is 104 Å². The Morgan fingerprint density at radius 2 is 0.800 bits per heavy atom. The molecule has 0 atom stereocenters. The van der Waals surface area contributed by atoms with Gasteiger partial charge in [-0.1, -0.05) is 0 Å². The van der Waals surface area contributed by atoms with E-state index in [0.29, 0.717) is 0 Å². The Labute approximate surface area is 135 Å². The Hall–Kier alpha value is 0.599. The molecule has 0 aliphatic rings. The first kappa shape index (κ1) is 20.6. The Bertz CT molecular complexity index is 184. The molecule has 2 heteroatoms. The standard InChI is InChI=1S/2C9H19.O.Sn/c2*1-3-5-7-9-8-6-4-2;;/h2*1,3-9H2,2H3;;. The van der Waals surface area contributed by atoms with Crippen LogP contribution in [0.25, 0.3) is 0 Å². The number of hydrogen-bond donors (Lipinski definition) is 0. The van der Waals surface area contributed by atoms with Crippen molar-refractivity contribution >= 4 is 19.7 Å². The average molecular weight is 389 g/mol. The third-order valence-corrected chi connectivity index (χ3v) is 9.32. The molecule has 0 N–H and O–H groups in total. The predicted octanol–water partition coefficient (Wildman–Crippen LogP) is 6.91. The topological polar surface area (TPSA) is 17.1 Å². The summed E-state index contributed by atoms with van der Waals surface area (Å²) in [6.07, 6.45) is 18.9. The van der Waals surface area contributed by atoms with Crippen molar-refractivity contribution in [3.05, 3.63) is 0 Å². The number of rotatable bonds is 16. The Morgan fingerprint density at radius 1 is 0.500 bits per heavy atom. The van der Waals surface area contributed by atoms with Crippen molar-refractivity contribution in [2.24, 2.45) is 0 Å². The molecule has 0 rings (SSSR count). The molecule has 0 unspecified atom stereocenters. The van der Waals surface area contributed by atoms with E-state index < -0.39 is 19.7 Å². The van der Waals surface area contributed by atoms with Gasteiger partial charge in [0, 0.05) is 0 Å². The van der Waals surface area contributed by atoms with Crippen LogP contribution in [0.5, 0.6) is 0 Å². The van der Waals surface area contributed by atoms with Crippen LogP contribution < -0.4 is 0 Å². The second-order valence-electron chi connectivity index (χ2n) is 6.28. The van der Waals surface area contributed by atoms with E-state index in [-0.39, 0.29) is 0 Å². The molecule has 20 heavy (non-hydrogen) atoms. The molecule has 0 fully saturated rings. The Kier molecular flexibility index (Phi) is 18.2. The normalized spacial score (nSPS) is 10.9. The van der Waals surface area contributed by atoms with Gasteiger partial charge in [-0.3, -0.25) is 0 Å². The summed E-state index contributed by atoms with van der Waals surface area (Å²) in [6, 6.07) is 0. The third-order valence-electron chi connectivity index (χ3n) is 4.12. The van der Waals surface area contributed by atoms with Gasteiger partial charge >= 0.3 is 135 Å². The van der Waals surface area contributed by atoms with Gasteiger partial charge in [0.15, 0.2) is 0 Å². The molecule has 120 valence electrons. The van der Waals surface area contributed by atoms with Crippen molar-refractivity contribution in [3.8, 4) is 0 Å². The zero-order valence-corrected chi connectivity index (χ0v) is 17.1. The Balaban J connectivity index is 3.13. The van der Waals surface area contributed by atoms with Crippen molar-refractivity contribution in [1.29, 1.82) is 0 Å². The molecule has 0 spiro atoms. The van der Waals surface area contributed by atoms with Crippen LogP contribution in [0.2, 0.25) is 8.87 Å². The summed E-state index contributed by atoms with van der Waals surface area (Å²) >= 11 is -2.12. The van der Waals surface area contributed by atoms with Gasteiger partial charge in [0.2, 0.25) is 0 Å². The first-order valence-electron chi connectivity index (χ1n) is 9.33. The fourth-order valence-corrected chi connectivity index (χ4v) is 7.08. The van der Waals surface area contributed by atoms with Gasteiger partial charge in [-0.2, -0.15) is 0 Å². The van der Waals surface area contributed by atoms with Crippen molar-refractivity contribution in [1.82, 2.24) is 0 Å². The van der Waals surface area contributed by atoms with E-state index in [2.05, 4.69) is 13.8 Å². The summed E-state index contributed by atoms with van der Waals surface area (Å²) in [5.74, 6) is 0. The van der Waals surface area contributed by atoms with Crippen LogP contribution in [0.15, 0.2) is 0 Å². The molecule has 0 radical (unpaired) electrons. The summed E-state index contributed by atoms with van der Waals surface area (Å²) in [5, 5.41) is 0. The maximum absolute atomic E-state index is 12.0. The SMILES string of the molecule is CCCCCCCC[CH2][Sn](=[O])[CH2]CCCCCCCC. The second-order valence-corrected chi connectivity index (χ2v) is 12.2. The zero-order chi connectivity index (χ0) is 14.9. The molecular weight excluding hydrogens is 351 g/mol. The molecule has 0 aliphatic carbocycles.